The van der Waals surface area contributed by atoms with Crippen LogP contribution in [0.4, 0.5) is 16.0 Å². The van der Waals surface area contributed by atoms with E-state index in [9.17, 15) is 9.18 Å². The van der Waals surface area contributed by atoms with Gasteiger partial charge in [-0.2, -0.15) is 5.10 Å². The average Bonchev–Trinajstić information content (AvgIpc) is 3.33. The van der Waals surface area contributed by atoms with Gasteiger partial charge in [-0.3, -0.25) is 9.78 Å². The van der Waals surface area contributed by atoms with Crippen molar-refractivity contribution >= 4 is 17.4 Å². The van der Waals surface area contributed by atoms with E-state index in [1.165, 1.54) is 13.2 Å². The van der Waals surface area contributed by atoms with Crippen molar-refractivity contribution in [3.63, 3.8) is 0 Å². The van der Waals surface area contributed by atoms with Gasteiger partial charge in [0.2, 0.25) is 5.95 Å². The minimum atomic E-state index is -0.449. The molecule has 0 spiro atoms. The van der Waals surface area contributed by atoms with E-state index in [1.54, 1.807) is 48.7 Å². The number of Topliss-reactive ketones (excluding diaryl/α,β-unsaturated/α-hetero) is 1. The molecule has 0 aliphatic carbocycles. The third-order valence-corrected chi connectivity index (χ3v) is 5.12. The third-order valence-electron chi connectivity index (χ3n) is 5.12. The number of carbonyl (C=O) groups is 1. The highest BCUT2D eigenvalue weighted by molar-refractivity contribution is 5.96. The average molecular weight is 446 g/mol. The molecule has 0 radical (unpaired) electrons. The lowest BCUT2D eigenvalue weighted by molar-refractivity contribution is 0.0987. The number of halogens is 1. The van der Waals surface area contributed by atoms with Crippen LogP contribution in [0.25, 0.3) is 5.69 Å². The van der Waals surface area contributed by atoms with Crippen LogP contribution < -0.4 is 10.1 Å². The first-order chi connectivity index (χ1) is 16.1. The predicted molar refractivity (Wildman–Crippen MR) is 122 cm³/mol. The zero-order valence-corrected chi connectivity index (χ0v) is 18.3. The van der Waals surface area contributed by atoms with E-state index in [4.69, 9.17) is 4.74 Å². The van der Waals surface area contributed by atoms with Crippen molar-refractivity contribution in [2.75, 3.05) is 12.4 Å². The number of hydrogen-bond donors (Lipinski definition) is 1. The molecular formula is C24H23FN6O2. The van der Waals surface area contributed by atoms with Crippen molar-refractivity contribution in [3.05, 3.63) is 84.0 Å². The summed E-state index contributed by atoms with van der Waals surface area (Å²) in [7, 11) is 1.39. The molecule has 168 valence electrons. The van der Waals surface area contributed by atoms with Gasteiger partial charge in [-0.15, -0.1) is 0 Å². The van der Waals surface area contributed by atoms with Gasteiger partial charge in [-0.25, -0.2) is 19.0 Å². The van der Waals surface area contributed by atoms with Gasteiger partial charge in [0.15, 0.2) is 17.3 Å². The number of nitrogens with one attached hydrogen (secondary N) is 1. The fourth-order valence-electron chi connectivity index (χ4n) is 3.33. The summed E-state index contributed by atoms with van der Waals surface area (Å²) < 4.78 is 21.5. The number of hydrogen-bond acceptors (Lipinski definition) is 7. The molecule has 0 aliphatic heterocycles. The number of pyridine rings is 1. The van der Waals surface area contributed by atoms with Crippen molar-refractivity contribution < 1.29 is 13.9 Å². The highest BCUT2D eigenvalue weighted by Crippen LogP contribution is 2.25. The Morgan fingerprint density at radius 1 is 1.15 bits per heavy atom. The Balaban J connectivity index is 1.41. The fourth-order valence-corrected chi connectivity index (χ4v) is 3.33. The highest BCUT2D eigenvalue weighted by Gasteiger charge is 2.15. The smallest absolute Gasteiger partial charge is 0.227 e. The van der Waals surface area contributed by atoms with Gasteiger partial charge < -0.3 is 10.1 Å². The van der Waals surface area contributed by atoms with Gasteiger partial charge in [0.25, 0.3) is 0 Å². The number of aromatic nitrogens is 5. The third kappa shape index (κ3) is 5.20. The first-order valence-electron chi connectivity index (χ1n) is 10.5. The molecule has 3 heterocycles. The molecular weight excluding hydrogens is 423 g/mol. The van der Waals surface area contributed by atoms with Gasteiger partial charge in [-0.1, -0.05) is 6.92 Å². The summed E-state index contributed by atoms with van der Waals surface area (Å²) in [6, 6.07) is 6.79. The standard InChI is InChI=1S/C24H23FN6O2/c1-3-21(32)18-9-17(23(25)22(10-18)33-2)7-6-16-11-27-24(28-12-16)30-19-13-29-31(15-19)20-5-4-8-26-14-20/h4-5,8-15H,3,6-7H2,1-2H3,(H,27,28,30). The molecule has 1 N–H and O–H groups in total. The number of carbonyl (C=O) groups excluding carboxylic acids is 1. The second-order valence-corrected chi connectivity index (χ2v) is 7.35. The molecule has 1 aromatic carbocycles. The summed E-state index contributed by atoms with van der Waals surface area (Å²) in [6.07, 6.45) is 11.5. The zero-order chi connectivity index (χ0) is 23.2. The Labute approximate surface area is 190 Å². The molecule has 0 saturated carbocycles. The van der Waals surface area contributed by atoms with Gasteiger partial charge in [-0.05, 0) is 48.2 Å². The molecule has 4 aromatic rings. The summed E-state index contributed by atoms with van der Waals surface area (Å²) >= 11 is 0. The maximum Gasteiger partial charge on any atom is 0.227 e. The minimum Gasteiger partial charge on any atom is -0.494 e. The van der Waals surface area contributed by atoms with Gasteiger partial charge >= 0.3 is 0 Å². The number of ether oxygens (including phenoxy) is 1. The van der Waals surface area contributed by atoms with Gasteiger partial charge in [0.05, 0.1) is 37.1 Å². The largest absolute Gasteiger partial charge is 0.494 e. The Morgan fingerprint density at radius 2 is 1.97 bits per heavy atom. The molecule has 0 unspecified atom stereocenters. The second kappa shape index (κ2) is 9.99. The number of rotatable bonds is 9. The summed E-state index contributed by atoms with van der Waals surface area (Å²) in [5.74, 6) is -0.00467. The maximum atomic E-state index is 14.7. The predicted octanol–water partition coefficient (Wildman–Crippen LogP) is 4.33. The highest BCUT2D eigenvalue weighted by atomic mass is 19.1. The number of aryl methyl sites for hydroxylation is 2. The molecule has 0 bridgehead atoms. The first-order valence-corrected chi connectivity index (χ1v) is 10.5. The van der Waals surface area contributed by atoms with E-state index < -0.39 is 5.82 Å². The molecule has 4 rings (SSSR count). The van der Waals surface area contributed by atoms with Gasteiger partial charge in [0, 0.05) is 30.6 Å². The summed E-state index contributed by atoms with van der Waals surface area (Å²) in [6.45, 7) is 1.77. The molecule has 0 atom stereocenters. The molecule has 0 fully saturated rings. The Morgan fingerprint density at radius 3 is 2.67 bits per heavy atom. The number of nitrogens with zero attached hydrogens (tertiary/aromatic N) is 5. The Bertz CT molecular complexity index is 1240. The van der Waals surface area contributed by atoms with Crippen molar-refractivity contribution in [2.45, 2.75) is 26.2 Å². The topological polar surface area (TPSA) is 94.8 Å². The van der Waals surface area contributed by atoms with Crippen LogP contribution in [0.5, 0.6) is 5.75 Å². The summed E-state index contributed by atoms with van der Waals surface area (Å²) in [4.78, 5) is 24.8. The number of anilines is 2. The van der Waals surface area contributed by atoms with Crippen LogP contribution in [0.15, 0.2) is 61.4 Å². The quantitative estimate of drug-likeness (QED) is 0.383. The fraction of sp³-hybridized carbons (Fsp3) is 0.208. The second-order valence-electron chi connectivity index (χ2n) is 7.35. The van der Waals surface area contributed by atoms with Crippen LogP contribution in [0.3, 0.4) is 0 Å². The van der Waals surface area contributed by atoms with Crippen LogP contribution in [0, 0.1) is 5.82 Å². The lowest BCUT2D eigenvalue weighted by Gasteiger charge is -2.11. The molecule has 8 nitrogen and oxygen atoms in total. The lowest BCUT2D eigenvalue weighted by Crippen LogP contribution is -2.04. The van der Waals surface area contributed by atoms with Crippen LogP contribution in [-0.4, -0.2) is 37.6 Å². The van der Waals surface area contributed by atoms with Crippen molar-refractivity contribution in [3.8, 4) is 11.4 Å². The van der Waals surface area contributed by atoms with E-state index in [-0.39, 0.29) is 11.5 Å². The number of benzene rings is 1. The number of methoxy groups -OCH3 is 1. The Hall–Kier alpha value is -4.14. The van der Waals surface area contributed by atoms with Crippen LogP contribution >= 0.6 is 0 Å². The molecule has 0 amide bonds. The molecule has 3 aromatic heterocycles. The Kier molecular flexibility index (Phi) is 6.68. The maximum absolute atomic E-state index is 14.7. The normalized spacial score (nSPS) is 10.8. The van der Waals surface area contributed by atoms with E-state index in [2.05, 4.69) is 25.4 Å². The van der Waals surface area contributed by atoms with Crippen LogP contribution in [-0.2, 0) is 12.8 Å². The molecule has 0 aliphatic rings. The molecule has 9 heteroatoms. The van der Waals surface area contributed by atoms with E-state index in [0.717, 1.165) is 16.9 Å². The van der Waals surface area contributed by atoms with E-state index >= 15 is 0 Å². The van der Waals surface area contributed by atoms with Crippen LogP contribution in [0.2, 0.25) is 0 Å². The minimum absolute atomic E-state index is 0.0554. The molecule has 0 saturated heterocycles. The van der Waals surface area contributed by atoms with Crippen molar-refractivity contribution in [2.24, 2.45) is 0 Å². The zero-order valence-electron chi connectivity index (χ0n) is 18.3. The van der Waals surface area contributed by atoms with Gasteiger partial charge in [0.1, 0.15) is 0 Å². The SMILES string of the molecule is CCC(=O)c1cc(CCc2cnc(Nc3cnn(-c4cccnc4)c3)nc2)c(F)c(OC)c1. The number of ketones is 1. The molecule has 33 heavy (non-hydrogen) atoms. The summed E-state index contributed by atoms with van der Waals surface area (Å²) in [5, 5.41) is 7.41. The van der Waals surface area contributed by atoms with E-state index in [0.29, 0.717) is 36.3 Å². The van der Waals surface area contributed by atoms with E-state index in [1.807, 2.05) is 18.3 Å². The summed E-state index contributed by atoms with van der Waals surface area (Å²) in [5.41, 5.74) is 3.30. The van der Waals surface area contributed by atoms with Crippen molar-refractivity contribution in [1.82, 2.24) is 24.7 Å². The lowest BCUT2D eigenvalue weighted by atomic mass is 10.00. The monoisotopic (exact) mass is 446 g/mol. The first kappa shape index (κ1) is 22.1. The van der Waals surface area contributed by atoms with Crippen LogP contribution in [0.1, 0.15) is 34.8 Å². The van der Waals surface area contributed by atoms with Crippen molar-refractivity contribution in [1.29, 1.82) is 0 Å².